The first kappa shape index (κ1) is 9.65. The Labute approximate surface area is 68.4 Å². The van der Waals surface area contributed by atoms with Crippen molar-refractivity contribution in [1.82, 2.24) is 0 Å². The second-order valence-corrected chi connectivity index (χ2v) is 4.97. The zero-order chi connectivity index (χ0) is 7.49. The molecule has 0 amide bonds. The molecular formula is C2H3Br2O4P. The number of phosphoric ester groups is 1. The average molecular weight is 282 g/mol. The lowest BCUT2D eigenvalue weighted by Gasteiger charge is -1.98. The van der Waals surface area contributed by atoms with Gasteiger partial charge in [0.1, 0.15) is 6.26 Å². The van der Waals surface area contributed by atoms with Gasteiger partial charge in [-0.05, 0) is 31.9 Å². The number of hydrogen-bond donors (Lipinski definition) is 2. The van der Waals surface area contributed by atoms with Gasteiger partial charge >= 0.3 is 7.82 Å². The van der Waals surface area contributed by atoms with Crippen LogP contribution in [0.5, 0.6) is 0 Å². The largest absolute Gasteiger partial charge is 0.524 e. The topological polar surface area (TPSA) is 66.8 Å². The minimum Gasteiger partial charge on any atom is -0.410 e. The monoisotopic (exact) mass is 280 g/mol. The molecule has 4 nitrogen and oxygen atoms in total. The average Bonchev–Trinajstić information content (AvgIpc) is 1.59. The summed E-state index contributed by atoms with van der Waals surface area (Å²) < 4.78 is 14.2. The van der Waals surface area contributed by atoms with Crippen LogP contribution in [0, 0.1) is 0 Å². The van der Waals surface area contributed by atoms with Crippen LogP contribution >= 0.6 is 39.7 Å². The van der Waals surface area contributed by atoms with Crippen molar-refractivity contribution < 1.29 is 18.9 Å². The predicted molar refractivity (Wildman–Crippen MR) is 39.1 cm³/mol. The lowest BCUT2D eigenvalue weighted by atomic mass is 11.2. The molecule has 0 bridgehead atoms. The van der Waals surface area contributed by atoms with Crippen molar-refractivity contribution in [2.24, 2.45) is 0 Å². The van der Waals surface area contributed by atoms with E-state index < -0.39 is 7.82 Å². The fourth-order valence-corrected chi connectivity index (χ4v) is 0.827. The molecule has 0 aromatic carbocycles. The molecule has 0 unspecified atom stereocenters. The molecule has 2 N–H and O–H groups in total. The number of hydrogen-bond acceptors (Lipinski definition) is 2. The second-order valence-electron chi connectivity index (χ2n) is 1.00. The summed E-state index contributed by atoms with van der Waals surface area (Å²) in [7, 11) is -4.36. The van der Waals surface area contributed by atoms with Crippen LogP contribution < -0.4 is 0 Å². The van der Waals surface area contributed by atoms with Gasteiger partial charge in [-0.2, -0.15) is 0 Å². The molecular weight excluding hydrogens is 279 g/mol. The highest BCUT2D eigenvalue weighted by Crippen LogP contribution is 2.37. The van der Waals surface area contributed by atoms with E-state index in [1.165, 1.54) is 0 Å². The standard InChI is InChI=1S/C2H3Br2O4P/c3-2(4)1-8-9(5,6)7/h1H,(H2,5,6,7). The zero-order valence-electron chi connectivity index (χ0n) is 3.99. The van der Waals surface area contributed by atoms with E-state index in [0.29, 0.717) is 3.39 Å². The van der Waals surface area contributed by atoms with Gasteiger partial charge in [-0.15, -0.1) is 0 Å². The van der Waals surface area contributed by atoms with E-state index in [2.05, 4.69) is 36.4 Å². The van der Waals surface area contributed by atoms with Gasteiger partial charge in [0.2, 0.25) is 0 Å². The first-order chi connectivity index (χ1) is 3.92. The highest BCUT2D eigenvalue weighted by Gasteiger charge is 2.11. The lowest BCUT2D eigenvalue weighted by molar-refractivity contribution is 0.259. The van der Waals surface area contributed by atoms with Crippen molar-refractivity contribution in [1.29, 1.82) is 0 Å². The normalized spacial score (nSPS) is 10.7. The summed E-state index contributed by atoms with van der Waals surface area (Å²) in [5, 5.41) is 0. The van der Waals surface area contributed by atoms with Crippen LogP contribution in [-0.2, 0) is 9.09 Å². The molecule has 0 aliphatic heterocycles. The maximum absolute atomic E-state index is 9.92. The Morgan fingerprint density at radius 2 is 2.00 bits per heavy atom. The van der Waals surface area contributed by atoms with Crippen LogP contribution in [0.1, 0.15) is 0 Å². The Morgan fingerprint density at radius 1 is 1.56 bits per heavy atom. The lowest BCUT2D eigenvalue weighted by Crippen LogP contribution is -1.77. The minimum absolute atomic E-state index is 0.332. The summed E-state index contributed by atoms with van der Waals surface area (Å²) in [5.41, 5.74) is 0. The van der Waals surface area contributed by atoms with Crippen molar-refractivity contribution >= 4 is 39.7 Å². The summed E-state index contributed by atoms with van der Waals surface area (Å²) in [4.78, 5) is 16.1. The molecule has 54 valence electrons. The fourth-order valence-electron chi connectivity index (χ4n) is 0.108. The number of halogens is 2. The first-order valence-electron chi connectivity index (χ1n) is 1.67. The maximum atomic E-state index is 9.92. The molecule has 0 rings (SSSR count). The molecule has 0 spiro atoms. The van der Waals surface area contributed by atoms with E-state index in [1.54, 1.807) is 0 Å². The molecule has 0 radical (unpaired) electrons. The van der Waals surface area contributed by atoms with Crippen LogP contribution in [0.2, 0.25) is 0 Å². The van der Waals surface area contributed by atoms with Gasteiger partial charge in [0.25, 0.3) is 0 Å². The number of rotatable bonds is 2. The van der Waals surface area contributed by atoms with Gasteiger partial charge in [0.15, 0.2) is 0 Å². The van der Waals surface area contributed by atoms with Crippen LogP contribution in [0.15, 0.2) is 9.65 Å². The molecule has 9 heavy (non-hydrogen) atoms. The van der Waals surface area contributed by atoms with Gasteiger partial charge in [0, 0.05) is 0 Å². The molecule has 0 aliphatic carbocycles. The highest BCUT2D eigenvalue weighted by atomic mass is 79.9. The summed E-state index contributed by atoms with van der Waals surface area (Å²) in [6.45, 7) is 0. The second kappa shape index (κ2) is 3.73. The molecule has 7 heteroatoms. The summed E-state index contributed by atoms with van der Waals surface area (Å²) >= 11 is 5.67. The Kier molecular flexibility index (Phi) is 4.00. The molecule has 0 aromatic rings. The van der Waals surface area contributed by atoms with E-state index >= 15 is 0 Å². The Bertz CT molecular complexity index is 156. The SMILES string of the molecule is O=P(O)(O)OC=C(Br)Br. The molecule has 0 atom stereocenters. The minimum atomic E-state index is -4.36. The molecule has 0 saturated carbocycles. The van der Waals surface area contributed by atoms with Crippen LogP contribution in [0.4, 0.5) is 0 Å². The molecule has 0 fully saturated rings. The summed E-state index contributed by atoms with van der Waals surface area (Å²) in [6, 6.07) is 0. The van der Waals surface area contributed by atoms with Gasteiger partial charge in [-0.1, -0.05) is 0 Å². The Balaban J connectivity index is 3.79. The van der Waals surface area contributed by atoms with E-state index in [4.69, 9.17) is 9.79 Å². The van der Waals surface area contributed by atoms with Gasteiger partial charge in [0.05, 0.1) is 3.39 Å². The van der Waals surface area contributed by atoms with E-state index in [1.807, 2.05) is 0 Å². The third-order valence-electron chi connectivity index (χ3n) is 0.279. The molecule has 0 aliphatic rings. The van der Waals surface area contributed by atoms with Gasteiger partial charge in [-0.3, -0.25) is 9.79 Å². The van der Waals surface area contributed by atoms with Crippen LogP contribution in [0.25, 0.3) is 0 Å². The molecule has 0 saturated heterocycles. The van der Waals surface area contributed by atoms with E-state index in [0.717, 1.165) is 6.26 Å². The van der Waals surface area contributed by atoms with Crippen molar-refractivity contribution in [2.75, 3.05) is 0 Å². The van der Waals surface area contributed by atoms with Crippen molar-refractivity contribution in [3.63, 3.8) is 0 Å². The Morgan fingerprint density at radius 3 is 2.11 bits per heavy atom. The quantitative estimate of drug-likeness (QED) is 0.597. The predicted octanol–water partition coefficient (Wildman–Crippen LogP) is 1.68. The van der Waals surface area contributed by atoms with E-state index in [9.17, 15) is 4.57 Å². The number of phosphoric acid groups is 1. The van der Waals surface area contributed by atoms with Crippen molar-refractivity contribution in [3.8, 4) is 0 Å². The van der Waals surface area contributed by atoms with Crippen LogP contribution in [0.3, 0.4) is 0 Å². The zero-order valence-corrected chi connectivity index (χ0v) is 8.06. The third-order valence-corrected chi connectivity index (χ3v) is 1.03. The van der Waals surface area contributed by atoms with Crippen LogP contribution in [-0.4, -0.2) is 9.79 Å². The fraction of sp³-hybridized carbons (Fsp3) is 0. The highest BCUT2D eigenvalue weighted by molar-refractivity contribution is 9.28. The third kappa shape index (κ3) is 8.65. The Hall–Kier alpha value is 0.650. The van der Waals surface area contributed by atoms with Gasteiger partial charge in [-0.25, -0.2) is 4.57 Å². The molecule has 0 heterocycles. The van der Waals surface area contributed by atoms with Crippen molar-refractivity contribution in [2.45, 2.75) is 0 Å². The first-order valence-corrected chi connectivity index (χ1v) is 4.78. The van der Waals surface area contributed by atoms with Crippen molar-refractivity contribution in [3.05, 3.63) is 9.65 Å². The maximum Gasteiger partial charge on any atom is 0.524 e. The molecule has 0 aromatic heterocycles. The summed E-state index contributed by atoms with van der Waals surface area (Å²) in [6.07, 6.45) is 0.862. The van der Waals surface area contributed by atoms with E-state index in [-0.39, 0.29) is 0 Å². The van der Waals surface area contributed by atoms with Gasteiger partial charge < -0.3 is 4.52 Å². The smallest absolute Gasteiger partial charge is 0.410 e. The summed E-state index contributed by atoms with van der Waals surface area (Å²) in [5.74, 6) is 0.